The molecule has 1 atom stereocenters. The third kappa shape index (κ3) is 5.24. The van der Waals surface area contributed by atoms with Crippen LogP contribution >= 0.6 is 43.2 Å². The molecule has 1 heterocycles. The van der Waals surface area contributed by atoms with Crippen LogP contribution in [0, 0.1) is 0 Å². The van der Waals surface area contributed by atoms with Crippen molar-refractivity contribution in [2.75, 3.05) is 0 Å². The molecule has 0 unspecified atom stereocenters. The molecule has 1 aromatic rings. The largest absolute Gasteiger partial charge is 0.458 e. The minimum absolute atomic E-state index is 0.313. The van der Waals surface area contributed by atoms with Gasteiger partial charge in [-0.2, -0.15) is 0 Å². The fraction of sp³-hybridized carbons (Fsp3) is 0.500. The van der Waals surface area contributed by atoms with Gasteiger partial charge in [0.05, 0.1) is 13.1 Å². The van der Waals surface area contributed by atoms with E-state index in [-0.39, 0.29) is 5.91 Å². The maximum Gasteiger partial charge on any atom is 0.328 e. The van der Waals surface area contributed by atoms with Gasteiger partial charge >= 0.3 is 5.97 Å². The van der Waals surface area contributed by atoms with E-state index in [1.807, 2.05) is 0 Å². The summed E-state index contributed by atoms with van der Waals surface area (Å²) in [6.07, 6.45) is 0. The molecule has 0 saturated carbocycles. The Morgan fingerprint density at radius 2 is 1.95 bits per heavy atom. The number of amides is 1. The monoisotopic (exact) mass is 411 g/mol. The van der Waals surface area contributed by atoms with E-state index in [4.69, 9.17) is 4.74 Å². The second kappa shape index (κ2) is 6.37. The van der Waals surface area contributed by atoms with E-state index in [2.05, 4.69) is 37.2 Å². The predicted octanol–water partition coefficient (Wildman–Crippen LogP) is 3.73. The number of carbonyl (C=O) groups is 2. The first-order valence-electron chi connectivity index (χ1n) is 5.58. The minimum Gasteiger partial charge on any atom is -0.458 e. The van der Waals surface area contributed by atoms with Gasteiger partial charge < -0.3 is 10.1 Å². The summed E-state index contributed by atoms with van der Waals surface area (Å²) in [5, 5.41) is 2.62. The predicted molar refractivity (Wildman–Crippen MR) is 82.5 cm³/mol. The van der Waals surface area contributed by atoms with Gasteiger partial charge in [0.25, 0.3) is 5.91 Å². The molecule has 0 aromatic carbocycles. The summed E-state index contributed by atoms with van der Waals surface area (Å²) in [4.78, 5) is 23.8. The molecule has 0 aliphatic carbocycles. The van der Waals surface area contributed by atoms with E-state index in [1.54, 1.807) is 33.8 Å². The summed E-state index contributed by atoms with van der Waals surface area (Å²) in [6, 6.07) is 1.00. The molecule has 1 N–H and O–H groups in total. The molecule has 0 fully saturated rings. The van der Waals surface area contributed by atoms with Crippen molar-refractivity contribution in [2.45, 2.75) is 39.3 Å². The van der Waals surface area contributed by atoms with Gasteiger partial charge in [-0.15, -0.1) is 11.3 Å². The van der Waals surface area contributed by atoms with Crippen molar-refractivity contribution in [2.24, 2.45) is 0 Å². The quantitative estimate of drug-likeness (QED) is 0.769. The molecule has 4 nitrogen and oxygen atoms in total. The number of esters is 1. The van der Waals surface area contributed by atoms with Gasteiger partial charge in [0.15, 0.2) is 0 Å². The van der Waals surface area contributed by atoms with Crippen LogP contribution in [0.4, 0.5) is 0 Å². The Balaban J connectivity index is 2.67. The number of rotatable bonds is 3. The Morgan fingerprint density at radius 3 is 2.37 bits per heavy atom. The van der Waals surface area contributed by atoms with Crippen LogP contribution in [0.2, 0.25) is 0 Å². The Morgan fingerprint density at radius 1 is 1.37 bits per heavy atom. The molecule has 0 aliphatic rings. The van der Waals surface area contributed by atoms with Crippen LogP contribution in [0.15, 0.2) is 13.6 Å². The standard InChI is InChI=1S/C12H15Br2NO3S/c1-6(11(17)18-12(2,3)4)15-10(16)7-5-8(13)19-9(7)14/h5-6H,1-4H3,(H,15,16)/t6-/m0/s1. The molecule has 1 rings (SSSR count). The van der Waals surface area contributed by atoms with E-state index in [1.165, 1.54) is 11.3 Å². The van der Waals surface area contributed by atoms with Gasteiger partial charge in [-0.3, -0.25) is 4.79 Å². The van der Waals surface area contributed by atoms with Crippen LogP contribution in [0.5, 0.6) is 0 Å². The third-order valence-corrected chi connectivity index (χ3v) is 4.35. The molecule has 106 valence electrons. The fourth-order valence-electron chi connectivity index (χ4n) is 1.22. The Bertz CT molecular complexity index is 494. The molecular weight excluding hydrogens is 398 g/mol. The van der Waals surface area contributed by atoms with Crippen LogP contribution < -0.4 is 5.32 Å². The number of hydrogen-bond donors (Lipinski definition) is 1. The highest BCUT2D eigenvalue weighted by molar-refractivity contribution is 9.12. The van der Waals surface area contributed by atoms with E-state index in [0.29, 0.717) is 9.35 Å². The van der Waals surface area contributed by atoms with Crippen molar-refractivity contribution in [3.8, 4) is 0 Å². The number of halogens is 2. The minimum atomic E-state index is -0.697. The van der Waals surface area contributed by atoms with E-state index < -0.39 is 17.6 Å². The van der Waals surface area contributed by atoms with Crippen molar-refractivity contribution in [3.05, 3.63) is 19.2 Å². The number of hydrogen-bond acceptors (Lipinski definition) is 4. The summed E-state index contributed by atoms with van der Waals surface area (Å²) < 4.78 is 6.76. The molecule has 0 spiro atoms. The molecule has 0 saturated heterocycles. The fourth-order valence-corrected chi connectivity index (χ4v) is 4.01. The number of carbonyl (C=O) groups excluding carboxylic acids is 2. The molecule has 1 aromatic heterocycles. The van der Waals surface area contributed by atoms with E-state index >= 15 is 0 Å². The second-order valence-corrected chi connectivity index (χ2v) is 8.72. The smallest absolute Gasteiger partial charge is 0.328 e. The summed E-state index contributed by atoms with van der Waals surface area (Å²) in [5.74, 6) is -0.765. The van der Waals surface area contributed by atoms with Gasteiger partial charge in [0.2, 0.25) is 0 Å². The summed E-state index contributed by atoms with van der Waals surface area (Å²) in [6.45, 7) is 6.95. The van der Waals surface area contributed by atoms with Crippen molar-refractivity contribution >= 4 is 55.1 Å². The van der Waals surface area contributed by atoms with Gasteiger partial charge in [-0.25, -0.2) is 4.79 Å². The molecule has 7 heteroatoms. The van der Waals surface area contributed by atoms with Crippen LogP contribution in [0.3, 0.4) is 0 Å². The maximum absolute atomic E-state index is 12.0. The van der Waals surface area contributed by atoms with Crippen molar-refractivity contribution < 1.29 is 14.3 Å². The summed E-state index contributed by atoms with van der Waals surface area (Å²) in [5.41, 5.74) is -0.0745. The van der Waals surface area contributed by atoms with Crippen LogP contribution in [-0.4, -0.2) is 23.5 Å². The summed E-state index contributed by atoms with van der Waals surface area (Å²) in [7, 11) is 0. The first-order chi connectivity index (χ1) is 8.60. The molecule has 1 amide bonds. The number of ether oxygens (including phenoxy) is 1. The first kappa shape index (κ1) is 16.7. The van der Waals surface area contributed by atoms with Crippen LogP contribution in [-0.2, 0) is 9.53 Å². The van der Waals surface area contributed by atoms with Gasteiger partial charge in [-0.05, 0) is 65.6 Å². The topological polar surface area (TPSA) is 55.4 Å². The lowest BCUT2D eigenvalue weighted by molar-refractivity contribution is -0.156. The van der Waals surface area contributed by atoms with Crippen molar-refractivity contribution in [1.29, 1.82) is 0 Å². The zero-order chi connectivity index (χ0) is 14.8. The Labute approximate surface area is 133 Å². The van der Waals surface area contributed by atoms with Crippen molar-refractivity contribution in [3.63, 3.8) is 0 Å². The second-order valence-electron chi connectivity index (χ2n) is 4.97. The SMILES string of the molecule is C[C@H](NC(=O)c1cc(Br)sc1Br)C(=O)OC(C)(C)C. The lowest BCUT2D eigenvalue weighted by Crippen LogP contribution is -2.42. The highest BCUT2D eigenvalue weighted by atomic mass is 79.9. The first-order valence-corrected chi connectivity index (χ1v) is 7.99. The van der Waals surface area contributed by atoms with E-state index in [0.717, 1.165) is 3.79 Å². The molecule has 19 heavy (non-hydrogen) atoms. The van der Waals surface area contributed by atoms with Crippen LogP contribution in [0.25, 0.3) is 0 Å². The molecule has 0 aliphatic heterocycles. The normalized spacial score (nSPS) is 12.9. The lowest BCUT2D eigenvalue weighted by atomic mass is 10.2. The summed E-state index contributed by atoms with van der Waals surface area (Å²) >= 11 is 8.01. The van der Waals surface area contributed by atoms with Crippen molar-refractivity contribution in [1.82, 2.24) is 5.32 Å². The maximum atomic E-state index is 12.0. The zero-order valence-electron chi connectivity index (χ0n) is 11.0. The van der Waals surface area contributed by atoms with Gasteiger partial charge in [-0.1, -0.05) is 0 Å². The lowest BCUT2D eigenvalue weighted by Gasteiger charge is -2.22. The Kier molecular flexibility index (Phi) is 5.58. The zero-order valence-corrected chi connectivity index (χ0v) is 15.0. The third-order valence-electron chi connectivity index (χ3n) is 2.01. The average molecular weight is 413 g/mol. The Hall–Kier alpha value is -0.400. The average Bonchev–Trinajstić information content (AvgIpc) is 2.55. The number of thiophene rings is 1. The highest BCUT2D eigenvalue weighted by Gasteiger charge is 2.24. The van der Waals surface area contributed by atoms with Gasteiger partial charge in [0.1, 0.15) is 11.6 Å². The molecule has 0 radical (unpaired) electrons. The highest BCUT2D eigenvalue weighted by Crippen LogP contribution is 2.31. The van der Waals surface area contributed by atoms with Crippen LogP contribution in [0.1, 0.15) is 38.1 Å². The van der Waals surface area contributed by atoms with Gasteiger partial charge in [0, 0.05) is 0 Å². The van der Waals surface area contributed by atoms with E-state index in [9.17, 15) is 9.59 Å². The molecular formula is C12H15Br2NO3S. The number of nitrogens with one attached hydrogen (secondary N) is 1. The molecule has 0 bridgehead atoms.